The molecule has 1 aromatic heterocycles. The fourth-order valence-corrected chi connectivity index (χ4v) is 4.28. The van der Waals surface area contributed by atoms with Crippen LogP contribution in [0.15, 0.2) is 42.5 Å². The molecule has 1 atom stereocenters. The number of aryl methyl sites for hydroxylation is 1. The number of carbonyl (C=O) groups is 1. The van der Waals surface area contributed by atoms with Gasteiger partial charge in [0.1, 0.15) is 17.3 Å². The molecule has 1 saturated heterocycles. The van der Waals surface area contributed by atoms with Crippen molar-refractivity contribution in [2.24, 2.45) is 0 Å². The Morgan fingerprint density at radius 2 is 2.03 bits per heavy atom. The Bertz CT molecular complexity index is 1050. The van der Waals surface area contributed by atoms with Gasteiger partial charge in [-0.1, -0.05) is 12.1 Å². The number of methoxy groups -OCH3 is 2. The van der Waals surface area contributed by atoms with E-state index in [0.717, 1.165) is 53.3 Å². The zero-order chi connectivity index (χ0) is 21.1. The van der Waals surface area contributed by atoms with Crippen molar-refractivity contribution in [2.75, 3.05) is 27.3 Å². The fraction of sp³-hybridized carbons (Fsp3) is 0.391. The minimum absolute atomic E-state index is 0.00154. The molecule has 2 heterocycles. The number of nitrogens with zero attached hydrogens (tertiary/aromatic N) is 3. The molecule has 1 fully saturated rings. The number of fused-ring (bicyclic) bond motifs is 1. The van der Waals surface area contributed by atoms with Crippen molar-refractivity contribution in [1.29, 1.82) is 0 Å². The number of likely N-dealkylation sites (tertiary alicyclic amines) is 1. The summed E-state index contributed by atoms with van der Waals surface area (Å²) in [7, 11) is 3.28. The maximum absolute atomic E-state index is 13.0. The molecule has 2 aromatic carbocycles. The van der Waals surface area contributed by atoms with Crippen molar-refractivity contribution in [2.45, 2.75) is 32.4 Å². The molecule has 1 unspecified atom stereocenters. The molecule has 4 rings (SSSR count). The van der Waals surface area contributed by atoms with Crippen molar-refractivity contribution in [3.8, 4) is 11.5 Å². The van der Waals surface area contributed by atoms with Gasteiger partial charge in [0.2, 0.25) is 0 Å². The van der Waals surface area contributed by atoms with Gasteiger partial charge in [0.25, 0.3) is 0 Å². The number of para-hydroxylation sites is 2. The van der Waals surface area contributed by atoms with Gasteiger partial charge in [0.05, 0.1) is 31.3 Å². The van der Waals surface area contributed by atoms with Crippen LogP contribution < -0.4 is 14.8 Å². The molecule has 158 valence electrons. The topological polar surface area (TPSA) is 68.6 Å². The normalized spacial score (nSPS) is 16.1. The first-order chi connectivity index (χ1) is 14.6. The van der Waals surface area contributed by atoms with Gasteiger partial charge < -0.3 is 24.3 Å². The van der Waals surface area contributed by atoms with Crippen LogP contribution >= 0.6 is 0 Å². The lowest BCUT2D eigenvalue weighted by atomic mass is 10.0. The predicted molar refractivity (Wildman–Crippen MR) is 116 cm³/mol. The largest absolute Gasteiger partial charge is 0.497 e. The number of nitrogens with one attached hydrogen (secondary N) is 1. The lowest BCUT2D eigenvalue weighted by Crippen LogP contribution is -2.40. The van der Waals surface area contributed by atoms with Crippen molar-refractivity contribution in [3.05, 3.63) is 53.9 Å². The molecule has 1 aliphatic rings. The highest BCUT2D eigenvalue weighted by Gasteiger charge is 2.32. The molecular formula is C23H28N4O3. The summed E-state index contributed by atoms with van der Waals surface area (Å²) >= 11 is 0. The minimum atomic E-state index is -0.0440. The van der Waals surface area contributed by atoms with E-state index in [4.69, 9.17) is 9.47 Å². The summed E-state index contributed by atoms with van der Waals surface area (Å²) in [5.41, 5.74) is 3.08. The summed E-state index contributed by atoms with van der Waals surface area (Å²) < 4.78 is 13.0. The number of hydrogen-bond acceptors (Lipinski definition) is 4. The van der Waals surface area contributed by atoms with E-state index in [9.17, 15) is 4.79 Å². The molecule has 0 saturated carbocycles. The molecule has 1 aliphatic heterocycles. The number of aromatic nitrogens is 2. The third-order valence-electron chi connectivity index (χ3n) is 5.77. The molecule has 30 heavy (non-hydrogen) atoms. The first-order valence-electron chi connectivity index (χ1n) is 10.3. The van der Waals surface area contributed by atoms with Crippen molar-refractivity contribution >= 4 is 17.1 Å². The number of imidazole rings is 1. The molecular weight excluding hydrogens is 380 g/mol. The van der Waals surface area contributed by atoms with Crippen LogP contribution in [-0.4, -0.2) is 47.8 Å². The number of urea groups is 1. The van der Waals surface area contributed by atoms with E-state index in [0.29, 0.717) is 13.1 Å². The lowest BCUT2D eigenvalue weighted by Gasteiger charge is -2.27. The average molecular weight is 409 g/mol. The molecule has 0 aliphatic carbocycles. The van der Waals surface area contributed by atoms with Gasteiger partial charge in [-0.05, 0) is 44.0 Å². The third-order valence-corrected chi connectivity index (χ3v) is 5.77. The highest BCUT2D eigenvalue weighted by Crippen LogP contribution is 2.38. The summed E-state index contributed by atoms with van der Waals surface area (Å²) in [5.74, 6) is 2.44. The second-order valence-electron chi connectivity index (χ2n) is 7.49. The highest BCUT2D eigenvalue weighted by atomic mass is 16.5. The Kier molecular flexibility index (Phi) is 5.79. The van der Waals surface area contributed by atoms with E-state index in [2.05, 4.69) is 20.9 Å². The van der Waals surface area contributed by atoms with E-state index in [1.165, 1.54) is 0 Å². The number of ether oxygens (including phenoxy) is 2. The Balaban J connectivity index is 1.43. The molecule has 0 radical (unpaired) electrons. The van der Waals surface area contributed by atoms with Gasteiger partial charge in [0, 0.05) is 31.3 Å². The molecule has 0 bridgehead atoms. The molecule has 3 aromatic rings. The first kappa shape index (κ1) is 20.1. The van der Waals surface area contributed by atoms with Gasteiger partial charge in [-0.3, -0.25) is 0 Å². The van der Waals surface area contributed by atoms with E-state index < -0.39 is 0 Å². The van der Waals surface area contributed by atoms with E-state index >= 15 is 0 Å². The van der Waals surface area contributed by atoms with Gasteiger partial charge >= 0.3 is 6.03 Å². The number of hydrogen-bond donors (Lipinski definition) is 1. The lowest BCUT2D eigenvalue weighted by molar-refractivity contribution is 0.191. The van der Waals surface area contributed by atoms with Crippen LogP contribution in [0.2, 0.25) is 0 Å². The predicted octanol–water partition coefficient (Wildman–Crippen LogP) is 3.91. The zero-order valence-corrected chi connectivity index (χ0v) is 17.7. The standard InChI is InChI=1S/C23H28N4O3/c1-16-25-19-7-4-5-8-21(19)26(16)14-12-24-23(28)27-13-6-9-20(27)18-11-10-17(29-2)15-22(18)30-3/h4-5,7-8,10-11,15,20H,6,9,12-14H2,1-3H3,(H,24,28). The maximum Gasteiger partial charge on any atom is 0.317 e. The second-order valence-corrected chi connectivity index (χ2v) is 7.49. The number of rotatable bonds is 6. The van der Waals surface area contributed by atoms with Gasteiger partial charge in [-0.15, -0.1) is 0 Å². The Labute approximate surface area is 176 Å². The second kappa shape index (κ2) is 8.65. The number of amides is 2. The fourth-order valence-electron chi connectivity index (χ4n) is 4.28. The zero-order valence-electron chi connectivity index (χ0n) is 17.7. The molecule has 7 nitrogen and oxygen atoms in total. The smallest absolute Gasteiger partial charge is 0.317 e. The van der Waals surface area contributed by atoms with Crippen molar-refractivity contribution < 1.29 is 14.3 Å². The summed E-state index contributed by atoms with van der Waals surface area (Å²) in [4.78, 5) is 19.4. The van der Waals surface area contributed by atoms with Gasteiger partial charge in [-0.2, -0.15) is 0 Å². The quantitative estimate of drug-likeness (QED) is 0.672. The number of benzene rings is 2. The van der Waals surface area contributed by atoms with Gasteiger partial charge in [-0.25, -0.2) is 9.78 Å². The summed E-state index contributed by atoms with van der Waals surface area (Å²) in [5, 5.41) is 3.09. The van der Waals surface area contributed by atoms with Crippen LogP contribution in [0, 0.1) is 6.92 Å². The van der Waals surface area contributed by atoms with Crippen LogP contribution in [0.4, 0.5) is 4.79 Å². The van der Waals surface area contributed by atoms with Gasteiger partial charge in [0.15, 0.2) is 0 Å². The Morgan fingerprint density at radius 1 is 1.20 bits per heavy atom. The van der Waals surface area contributed by atoms with Crippen LogP contribution in [0.5, 0.6) is 11.5 Å². The molecule has 0 spiro atoms. The van der Waals surface area contributed by atoms with Crippen LogP contribution in [0.1, 0.15) is 30.3 Å². The summed E-state index contributed by atoms with van der Waals surface area (Å²) in [6.07, 6.45) is 1.89. The molecule has 1 N–H and O–H groups in total. The summed E-state index contributed by atoms with van der Waals surface area (Å²) in [6.45, 7) is 3.96. The van der Waals surface area contributed by atoms with Crippen molar-refractivity contribution in [1.82, 2.24) is 19.8 Å². The van der Waals surface area contributed by atoms with E-state index in [-0.39, 0.29) is 12.1 Å². The van der Waals surface area contributed by atoms with Crippen LogP contribution in [0.25, 0.3) is 11.0 Å². The Morgan fingerprint density at radius 3 is 2.83 bits per heavy atom. The monoisotopic (exact) mass is 408 g/mol. The molecule has 2 amide bonds. The minimum Gasteiger partial charge on any atom is -0.497 e. The third kappa shape index (κ3) is 3.79. The maximum atomic E-state index is 13.0. The van der Waals surface area contributed by atoms with E-state index in [1.54, 1.807) is 14.2 Å². The van der Waals surface area contributed by atoms with E-state index in [1.807, 2.05) is 48.2 Å². The number of carbonyl (C=O) groups excluding carboxylic acids is 1. The van der Waals surface area contributed by atoms with Crippen molar-refractivity contribution in [3.63, 3.8) is 0 Å². The first-order valence-corrected chi connectivity index (χ1v) is 10.3. The van der Waals surface area contributed by atoms with Crippen LogP contribution in [0.3, 0.4) is 0 Å². The Hall–Kier alpha value is -3.22. The highest BCUT2D eigenvalue weighted by molar-refractivity contribution is 5.76. The van der Waals surface area contributed by atoms with Crippen LogP contribution in [-0.2, 0) is 6.54 Å². The summed E-state index contributed by atoms with van der Waals surface area (Å²) in [6, 6.07) is 13.8. The average Bonchev–Trinajstić information content (AvgIpc) is 3.38. The molecule has 7 heteroatoms. The SMILES string of the molecule is COc1ccc(C2CCCN2C(=O)NCCn2c(C)nc3ccccc32)c(OC)c1.